The van der Waals surface area contributed by atoms with E-state index in [0.29, 0.717) is 12.3 Å². The van der Waals surface area contributed by atoms with E-state index >= 15 is 0 Å². The van der Waals surface area contributed by atoms with Crippen LogP contribution in [-0.2, 0) is 9.53 Å². The predicted octanol–water partition coefficient (Wildman–Crippen LogP) is 3.92. The molecule has 3 heteroatoms. The number of hydrogen-bond donors (Lipinski definition) is 0. The molecule has 0 aliphatic heterocycles. The van der Waals surface area contributed by atoms with Crippen LogP contribution in [0.1, 0.15) is 20.8 Å². The van der Waals surface area contributed by atoms with Gasteiger partial charge in [0, 0.05) is 0 Å². The minimum absolute atomic E-state index is 0.238. The van der Waals surface area contributed by atoms with Crippen molar-refractivity contribution in [2.75, 3.05) is 12.8 Å². The van der Waals surface area contributed by atoms with Gasteiger partial charge in [0.05, 0.1) is 0 Å². The Morgan fingerprint density at radius 1 is 0.958 bits per heavy atom. The Labute approximate surface area is 145 Å². The summed E-state index contributed by atoms with van der Waals surface area (Å²) in [6.07, 6.45) is 5.16. The van der Waals surface area contributed by atoms with E-state index in [4.69, 9.17) is 4.74 Å². The number of esters is 1. The molecule has 2 aromatic carbocycles. The van der Waals surface area contributed by atoms with Crippen molar-refractivity contribution in [3.8, 4) is 0 Å². The summed E-state index contributed by atoms with van der Waals surface area (Å²) in [7, 11) is -1.93. The van der Waals surface area contributed by atoms with Crippen LogP contribution in [0.4, 0.5) is 0 Å². The van der Waals surface area contributed by atoms with Gasteiger partial charge in [-0.05, 0) is 0 Å². The van der Waals surface area contributed by atoms with Gasteiger partial charge in [0.15, 0.2) is 0 Å². The molecule has 0 heterocycles. The quantitative estimate of drug-likeness (QED) is 0.433. The van der Waals surface area contributed by atoms with Crippen LogP contribution in [0.3, 0.4) is 0 Å². The van der Waals surface area contributed by atoms with Crippen LogP contribution in [0.2, 0.25) is 0 Å². The molecule has 0 amide bonds. The van der Waals surface area contributed by atoms with Crippen LogP contribution in [-0.4, -0.2) is 24.4 Å². The molecule has 0 aliphatic carbocycles. The van der Waals surface area contributed by atoms with Crippen molar-refractivity contribution in [2.45, 2.75) is 26.4 Å². The van der Waals surface area contributed by atoms with Crippen molar-refractivity contribution >= 4 is 23.8 Å². The van der Waals surface area contributed by atoms with E-state index in [9.17, 15) is 4.79 Å². The zero-order valence-electron chi connectivity index (χ0n) is 14.7. The maximum atomic E-state index is 10.9. The predicted molar refractivity (Wildman–Crippen MR) is 106 cm³/mol. The van der Waals surface area contributed by atoms with Crippen LogP contribution >= 0.6 is 7.26 Å². The molecule has 24 heavy (non-hydrogen) atoms. The zero-order chi connectivity index (χ0) is 17.4. The standard InChI is InChI=1S/C21H27O2P/c1-18(2)24(20-12-6-4-7-13-20,21-14-8-5-9-15-21)17-11-10-16-23-19(3)22/h4-15,18,24H,16-17H2,1-3H3. The third-order valence-corrected chi connectivity index (χ3v) is 10.1. The molecule has 0 atom stereocenters. The molecule has 0 unspecified atom stereocenters. The third-order valence-electron chi connectivity index (χ3n) is 4.55. The number of rotatable bonds is 7. The molecule has 0 bridgehead atoms. The molecule has 0 radical (unpaired) electrons. The second kappa shape index (κ2) is 8.80. The Hall–Kier alpha value is -1.92. The summed E-state index contributed by atoms with van der Waals surface area (Å²) >= 11 is 0. The molecule has 0 spiro atoms. The van der Waals surface area contributed by atoms with Crippen LogP contribution in [0.15, 0.2) is 72.8 Å². The van der Waals surface area contributed by atoms with Crippen molar-refractivity contribution in [2.24, 2.45) is 0 Å². The van der Waals surface area contributed by atoms with Gasteiger partial charge < -0.3 is 0 Å². The normalized spacial score (nSPS) is 12.5. The molecule has 0 saturated carbocycles. The molecular formula is C21H27O2P. The number of carbonyl (C=O) groups is 1. The minimum atomic E-state index is -1.93. The molecule has 2 aromatic rings. The van der Waals surface area contributed by atoms with Gasteiger partial charge in [0.1, 0.15) is 0 Å². The van der Waals surface area contributed by atoms with Crippen molar-refractivity contribution in [1.82, 2.24) is 0 Å². The van der Waals surface area contributed by atoms with E-state index in [1.807, 2.05) is 6.08 Å². The van der Waals surface area contributed by atoms with E-state index in [1.165, 1.54) is 17.5 Å². The number of allylic oxidation sites excluding steroid dienone is 1. The van der Waals surface area contributed by atoms with Gasteiger partial charge >= 0.3 is 145 Å². The first kappa shape index (κ1) is 18.4. The fourth-order valence-corrected chi connectivity index (χ4v) is 8.00. The first-order valence-electron chi connectivity index (χ1n) is 8.47. The monoisotopic (exact) mass is 342 g/mol. The van der Waals surface area contributed by atoms with Gasteiger partial charge in [-0.2, -0.15) is 0 Å². The summed E-state index contributed by atoms with van der Waals surface area (Å²) < 4.78 is 5.02. The zero-order valence-corrected chi connectivity index (χ0v) is 15.7. The van der Waals surface area contributed by atoms with Crippen LogP contribution in [0, 0.1) is 0 Å². The number of hydrogen-bond acceptors (Lipinski definition) is 2. The van der Waals surface area contributed by atoms with Crippen molar-refractivity contribution < 1.29 is 9.53 Å². The van der Waals surface area contributed by atoms with E-state index in [1.54, 1.807) is 0 Å². The molecule has 0 aliphatic rings. The topological polar surface area (TPSA) is 26.3 Å². The van der Waals surface area contributed by atoms with E-state index < -0.39 is 7.26 Å². The van der Waals surface area contributed by atoms with Crippen molar-refractivity contribution in [3.63, 3.8) is 0 Å². The number of ether oxygens (including phenoxy) is 1. The molecule has 2 rings (SSSR count). The average molecular weight is 342 g/mol. The summed E-state index contributed by atoms with van der Waals surface area (Å²) in [5.74, 6) is -0.238. The van der Waals surface area contributed by atoms with Crippen LogP contribution < -0.4 is 10.6 Å². The molecule has 0 fully saturated rings. The SMILES string of the molecule is CC(=O)OCC=CC[PH](c1ccccc1)(c1ccccc1)C(C)C. The Kier molecular flexibility index (Phi) is 6.75. The third kappa shape index (κ3) is 4.33. The molecule has 0 saturated heterocycles. The Morgan fingerprint density at radius 2 is 1.46 bits per heavy atom. The number of benzene rings is 2. The first-order chi connectivity index (χ1) is 11.6. The van der Waals surface area contributed by atoms with Gasteiger partial charge in [-0.1, -0.05) is 0 Å². The van der Waals surface area contributed by atoms with Gasteiger partial charge in [-0.3, -0.25) is 0 Å². The Balaban J connectivity index is 2.38. The fourth-order valence-electron chi connectivity index (χ4n) is 3.28. The van der Waals surface area contributed by atoms with E-state index in [0.717, 1.165) is 6.16 Å². The molecular weight excluding hydrogens is 315 g/mol. The van der Waals surface area contributed by atoms with Crippen LogP contribution in [0.5, 0.6) is 0 Å². The van der Waals surface area contributed by atoms with Gasteiger partial charge in [-0.15, -0.1) is 0 Å². The summed E-state index contributed by atoms with van der Waals surface area (Å²) in [4.78, 5) is 10.9. The second-order valence-electron chi connectivity index (χ2n) is 6.34. The van der Waals surface area contributed by atoms with Crippen molar-refractivity contribution in [1.29, 1.82) is 0 Å². The van der Waals surface area contributed by atoms with E-state index in [-0.39, 0.29) is 5.97 Å². The summed E-state index contributed by atoms with van der Waals surface area (Å²) in [6, 6.07) is 21.7. The average Bonchev–Trinajstić information content (AvgIpc) is 2.59. The second-order valence-corrected chi connectivity index (χ2v) is 11.0. The van der Waals surface area contributed by atoms with E-state index in [2.05, 4.69) is 80.6 Å². The van der Waals surface area contributed by atoms with Gasteiger partial charge in [0.2, 0.25) is 0 Å². The van der Waals surface area contributed by atoms with Gasteiger partial charge in [-0.25, -0.2) is 0 Å². The summed E-state index contributed by atoms with van der Waals surface area (Å²) in [5.41, 5.74) is 0.556. The first-order valence-corrected chi connectivity index (χ1v) is 10.7. The van der Waals surface area contributed by atoms with Crippen molar-refractivity contribution in [3.05, 3.63) is 72.8 Å². The van der Waals surface area contributed by atoms with Gasteiger partial charge in [0.25, 0.3) is 0 Å². The Bertz CT molecular complexity index is 623. The molecule has 0 N–H and O–H groups in total. The Morgan fingerprint density at radius 3 is 1.88 bits per heavy atom. The molecule has 0 aromatic heterocycles. The summed E-state index contributed by atoms with van der Waals surface area (Å²) in [6.45, 7) is 6.44. The fraction of sp³-hybridized carbons (Fsp3) is 0.286. The molecule has 2 nitrogen and oxygen atoms in total. The number of carbonyl (C=O) groups excluding carboxylic acids is 1. The summed E-state index contributed by atoms with van der Waals surface area (Å²) in [5, 5.41) is 2.90. The van der Waals surface area contributed by atoms with Crippen LogP contribution in [0.25, 0.3) is 0 Å². The molecule has 128 valence electrons. The maximum absolute atomic E-state index is 10.9.